The van der Waals surface area contributed by atoms with Crippen LogP contribution >= 0.6 is 0 Å². The predicted molar refractivity (Wildman–Crippen MR) is 65.7 cm³/mol. The number of carbonyl (C=O) groups is 1. The van der Waals surface area contributed by atoms with Crippen LogP contribution in [0.25, 0.3) is 0 Å². The lowest BCUT2D eigenvalue weighted by Gasteiger charge is -2.24. The molecule has 0 saturated heterocycles. The van der Waals surface area contributed by atoms with Crippen molar-refractivity contribution in [3.8, 4) is 0 Å². The normalized spacial score (nSPS) is 10.6. The third kappa shape index (κ3) is 4.15. The van der Waals surface area contributed by atoms with Gasteiger partial charge in [0.1, 0.15) is 5.82 Å². The summed E-state index contributed by atoms with van der Waals surface area (Å²) in [5.41, 5.74) is 5.88. The maximum Gasteiger partial charge on any atom is 0.236 e. The molecule has 1 amide bonds. The van der Waals surface area contributed by atoms with Gasteiger partial charge in [0, 0.05) is 18.7 Å². The Kier molecular flexibility index (Phi) is 5.10. The van der Waals surface area contributed by atoms with E-state index in [-0.39, 0.29) is 24.8 Å². The first-order valence-electron chi connectivity index (χ1n) is 5.75. The average Bonchev–Trinajstić information content (AvgIpc) is 2.29. The molecule has 0 heterocycles. The summed E-state index contributed by atoms with van der Waals surface area (Å²) in [4.78, 5) is 13.2. The van der Waals surface area contributed by atoms with E-state index in [9.17, 15) is 9.18 Å². The molecule has 0 saturated carbocycles. The maximum atomic E-state index is 13.5. The van der Waals surface area contributed by atoms with Gasteiger partial charge in [-0.3, -0.25) is 4.79 Å². The molecule has 4 heteroatoms. The molecule has 17 heavy (non-hydrogen) atoms. The fourth-order valence-electron chi connectivity index (χ4n) is 1.66. The molecule has 0 aliphatic rings. The highest BCUT2D eigenvalue weighted by molar-refractivity contribution is 5.78. The summed E-state index contributed by atoms with van der Waals surface area (Å²) >= 11 is 0. The Morgan fingerprint density at radius 3 is 2.59 bits per heavy atom. The van der Waals surface area contributed by atoms with Crippen molar-refractivity contribution in [2.75, 3.05) is 13.1 Å². The number of rotatable bonds is 5. The number of amides is 1. The molecule has 0 radical (unpaired) electrons. The third-order valence-corrected chi connectivity index (χ3v) is 2.43. The fourth-order valence-corrected chi connectivity index (χ4v) is 1.66. The van der Waals surface area contributed by atoms with E-state index in [4.69, 9.17) is 5.73 Å². The molecule has 3 nitrogen and oxygen atoms in total. The largest absolute Gasteiger partial charge is 0.337 e. The monoisotopic (exact) mass is 238 g/mol. The Labute approximate surface area is 101 Å². The third-order valence-electron chi connectivity index (χ3n) is 2.43. The van der Waals surface area contributed by atoms with Crippen LogP contribution < -0.4 is 5.73 Å². The van der Waals surface area contributed by atoms with E-state index in [1.165, 1.54) is 6.07 Å². The molecule has 1 aromatic carbocycles. The Hall–Kier alpha value is -1.42. The summed E-state index contributed by atoms with van der Waals surface area (Å²) in [6.45, 7) is 4.85. The Balaban J connectivity index is 2.79. The highest BCUT2D eigenvalue weighted by Crippen LogP contribution is 2.11. The van der Waals surface area contributed by atoms with Gasteiger partial charge in [0.2, 0.25) is 5.91 Å². The quantitative estimate of drug-likeness (QED) is 0.849. The summed E-state index contributed by atoms with van der Waals surface area (Å²) in [6, 6.07) is 6.48. The molecule has 0 aromatic heterocycles. The zero-order valence-electron chi connectivity index (χ0n) is 10.3. The van der Waals surface area contributed by atoms with E-state index in [1.807, 2.05) is 13.8 Å². The number of carbonyl (C=O) groups excluding carboxylic acids is 1. The summed E-state index contributed by atoms with van der Waals surface area (Å²) in [6.07, 6.45) is 0. The molecule has 0 unspecified atom stereocenters. The van der Waals surface area contributed by atoms with Crippen molar-refractivity contribution in [2.24, 2.45) is 11.7 Å². The van der Waals surface area contributed by atoms with E-state index in [2.05, 4.69) is 0 Å². The summed E-state index contributed by atoms with van der Waals surface area (Å²) in [5, 5.41) is 0. The van der Waals surface area contributed by atoms with Crippen molar-refractivity contribution in [1.29, 1.82) is 0 Å². The van der Waals surface area contributed by atoms with Crippen LogP contribution in [-0.4, -0.2) is 23.9 Å². The van der Waals surface area contributed by atoms with Crippen LogP contribution in [0.1, 0.15) is 19.4 Å². The number of nitrogens with zero attached hydrogens (tertiary/aromatic N) is 1. The second-order valence-electron chi connectivity index (χ2n) is 4.46. The maximum absolute atomic E-state index is 13.5. The first-order chi connectivity index (χ1) is 8.04. The molecule has 0 spiro atoms. The van der Waals surface area contributed by atoms with Crippen LogP contribution in [0.15, 0.2) is 24.3 Å². The molecule has 0 aliphatic carbocycles. The average molecular weight is 238 g/mol. The lowest BCUT2D eigenvalue weighted by Crippen LogP contribution is -2.38. The van der Waals surface area contributed by atoms with Crippen molar-refractivity contribution in [2.45, 2.75) is 20.4 Å². The minimum Gasteiger partial charge on any atom is -0.337 e. The van der Waals surface area contributed by atoms with Crippen LogP contribution in [0.4, 0.5) is 4.39 Å². The molecular formula is C13H19FN2O. The molecule has 1 rings (SSSR count). The lowest BCUT2D eigenvalue weighted by atomic mass is 10.1. The molecular weight excluding hydrogens is 219 g/mol. The number of hydrogen-bond acceptors (Lipinski definition) is 2. The summed E-state index contributed by atoms with van der Waals surface area (Å²) in [5.74, 6) is -0.106. The molecule has 1 aromatic rings. The van der Waals surface area contributed by atoms with Crippen LogP contribution in [-0.2, 0) is 11.3 Å². The Bertz CT molecular complexity index is 379. The topological polar surface area (TPSA) is 46.3 Å². The van der Waals surface area contributed by atoms with Gasteiger partial charge < -0.3 is 10.6 Å². The van der Waals surface area contributed by atoms with Gasteiger partial charge in [0.25, 0.3) is 0 Å². The van der Waals surface area contributed by atoms with Crippen molar-refractivity contribution < 1.29 is 9.18 Å². The summed E-state index contributed by atoms with van der Waals surface area (Å²) in [7, 11) is 0. The van der Waals surface area contributed by atoms with Crippen molar-refractivity contribution >= 4 is 5.91 Å². The van der Waals surface area contributed by atoms with E-state index in [1.54, 1.807) is 23.1 Å². The number of halogens is 1. The molecule has 0 bridgehead atoms. The van der Waals surface area contributed by atoms with Crippen LogP contribution in [0.2, 0.25) is 0 Å². The minimum atomic E-state index is -0.286. The van der Waals surface area contributed by atoms with Gasteiger partial charge in [-0.2, -0.15) is 0 Å². The van der Waals surface area contributed by atoms with Gasteiger partial charge in [-0.05, 0) is 12.0 Å². The van der Waals surface area contributed by atoms with Gasteiger partial charge in [0.15, 0.2) is 0 Å². The predicted octanol–water partition coefficient (Wildman–Crippen LogP) is 1.77. The van der Waals surface area contributed by atoms with Crippen molar-refractivity contribution in [1.82, 2.24) is 4.90 Å². The SMILES string of the molecule is CC(C)CN(Cc1ccccc1F)C(=O)CN. The molecule has 0 fully saturated rings. The zero-order valence-corrected chi connectivity index (χ0v) is 10.3. The van der Waals surface area contributed by atoms with Gasteiger partial charge in [0.05, 0.1) is 6.54 Å². The van der Waals surface area contributed by atoms with Gasteiger partial charge in [-0.25, -0.2) is 4.39 Å². The number of benzene rings is 1. The standard InChI is InChI=1S/C13H19FN2O/c1-10(2)8-16(13(17)7-15)9-11-5-3-4-6-12(11)14/h3-6,10H,7-9,15H2,1-2H3. The fraction of sp³-hybridized carbons (Fsp3) is 0.462. The first kappa shape index (κ1) is 13.6. The van der Waals surface area contributed by atoms with Crippen LogP contribution in [0.3, 0.4) is 0 Å². The second kappa shape index (κ2) is 6.35. The number of hydrogen-bond donors (Lipinski definition) is 1. The van der Waals surface area contributed by atoms with Gasteiger partial charge >= 0.3 is 0 Å². The Morgan fingerprint density at radius 2 is 2.06 bits per heavy atom. The number of nitrogens with two attached hydrogens (primary N) is 1. The van der Waals surface area contributed by atoms with Gasteiger partial charge in [-0.15, -0.1) is 0 Å². The molecule has 94 valence electrons. The second-order valence-corrected chi connectivity index (χ2v) is 4.46. The van der Waals surface area contributed by atoms with E-state index in [0.717, 1.165) is 0 Å². The highest BCUT2D eigenvalue weighted by Gasteiger charge is 2.15. The smallest absolute Gasteiger partial charge is 0.236 e. The van der Waals surface area contributed by atoms with E-state index < -0.39 is 0 Å². The van der Waals surface area contributed by atoms with Crippen molar-refractivity contribution in [3.63, 3.8) is 0 Å². The van der Waals surface area contributed by atoms with E-state index in [0.29, 0.717) is 18.0 Å². The zero-order chi connectivity index (χ0) is 12.8. The van der Waals surface area contributed by atoms with Gasteiger partial charge in [-0.1, -0.05) is 32.0 Å². The highest BCUT2D eigenvalue weighted by atomic mass is 19.1. The van der Waals surface area contributed by atoms with Crippen LogP contribution in [0, 0.1) is 11.7 Å². The molecule has 0 aliphatic heterocycles. The minimum absolute atomic E-state index is 0.0405. The first-order valence-corrected chi connectivity index (χ1v) is 5.75. The van der Waals surface area contributed by atoms with E-state index >= 15 is 0 Å². The van der Waals surface area contributed by atoms with Crippen LogP contribution in [0.5, 0.6) is 0 Å². The lowest BCUT2D eigenvalue weighted by molar-refractivity contribution is -0.130. The Morgan fingerprint density at radius 1 is 1.41 bits per heavy atom. The molecule has 0 atom stereocenters. The van der Waals surface area contributed by atoms with Crippen molar-refractivity contribution in [3.05, 3.63) is 35.6 Å². The summed E-state index contributed by atoms with van der Waals surface area (Å²) < 4.78 is 13.5. The molecule has 2 N–H and O–H groups in total.